The molecule has 0 aliphatic carbocycles. The summed E-state index contributed by atoms with van der Waals surface area (Å²) in [5, 5.41) is 0. The van der Waals surface area contributed by atoms with Gasteiger partial charge in [-0.05, 0) is 26.1 Å². The van der Waals surface area contributed by atoms with E-state index in [9.17, 15) is 0 Å². The molecule has 0 saturated carbocycles. The Morgan fingerprint density at radius 1 is 0.938 bits per heavy atom. The molecule has 1 aromatic carbocycles. The zero-order valence-corrected chi connectivity index (χ0v) is 12.1. The Labute approximate surface area is 102 Å². The largest absolute Gasteiger partial charge is 0.302 e. The van der Waals surface area contributed by atoms with E-state index in [1.54, 1.807) is 0 Å². The summed E-state index contributed by atoms with van der Waals surface area (Å²) in [6.45, 7) is 10.2. The Bertz CT molecular complexity index is 216. The molecule has 0 saturated heterocycles. The number of nitrogens with zero attached hydrogens (tertiary/aromatic N) is 1. The van der Waals surface area contributed by atoms with Crippen LogP contribution in [-0.4, -0.2) is 19.0 Å². The first-order chi connectivity index (χ1) is 7.75. The van der Waals surface area contributed by atoms with Crippen LogP contribution in [-0.2, 0) is 0 Å². The first kappa shape index (κ1) is 17.6. The normalized spacial score (nSPS) is 10.8. The second kappa shape index (κ2) is 12.3. The fourth-order valence-electron chi connectivity index (χ4n) is 1.57. The predicted molar refractivity (Wildman–Crippen MR) is 75.9 cm³/mol. The summed E-state index contributed by atoms with van der Waals surface area (Å²) in [6, 6.07) is 11.2. The number of benzene rings is 1. The predicted octanol–water partition coefficient (Wildman–Crippen LogP) is 4.75. The monoisotopic (exact) mass is 223 g/mol. The van der Waals surface area contributed by atoms with Crippen LogP contribution in [0.5, 0.6) is 0 Å². The molecule has 1 nitrogen and oxygen atoms in total. The molecule has 0 heterocycles. The maximum atomic E-state index is 2.26. The summed E-state index contributed by atoms with van der Waals surface area (Å²) in [6.07, 6.45) is 1.16. The van der Waals surface area contributed by atoms with Crippen molar-refractivity contribution >= 4 is 0 Å². The molecule has 16 heavy (non-hydrogen) atoms. The second-order valence-electron chi connectivity index (χ2n) is 3.30. The summed E-state index contributed by atoms with van der Waals surface area (Å²) < 4.78 is 0. The molecule has 1 aromatic rings. The van der Waals surface area contributed by atoms with Gasteiger partial charge in [-0.15, -0.1) is 0 Å². The summed E-state index contributed by atoms with van der Waals surface area (Å²) >= 11 is 0. The number of rotatable bonds is 3. The lowest BCUT2D eigenvalue weighted by molar-refractivity contribution is 0.292. The Morgan fingerprint density at radius 2 is 1.38 bits per heavy atom. The van der Waals surface area contributed by atoms with E-state index in [2.05, 4.69) is 56.3 Å². The fraction of sp³-hybridized carbons (Fsp3) is 0.600. The highest BCUT2D eigenvalue weighted by Gasteiger charge is 2.09. The second-order valence-corrected chi connectivity index (χ2v) is 3.30. The molecule has 1 heteroatoms. The molecule has 94 valence electrons. The van der Waals surface area contributed by atoms with E-state index in [0.29, 0.717) is 6.04 Å². The molecule has 0 aliphatic heterocycles. The van der Waals surface area contributed by atoms with Gasteiger partial charge >= 0.3 is 0 Å². The van der Waals surface area contributed by atoms with E-state index in [-0.39, 0.29) is 0 Å². The van der Waals surface area contributed by atoms with Gasteiger partial charge in [0.25, 0.3) is 0 Å². The van der Waals surface area contributed by atoms with Crippen molar-refractivity contribution in [3.8, 4) is 0 Å². The average molecular weight is 223 g/mol. The van der Waals surface area contributed by atoms with Gasteiger partial charge in [0, 0.05) is 6.04 Å². The van der Waals surface area contributed by atoms with Gasteiger partial charge in [-0.25, -0.2) is 0 Å². The standard InChI is InChI=1S/C11H17N.2C2H6/c1-4-11(12(2)3)10-8-6-5-7-9-10;2*1-2/h5-9,11H,4H2,1-3H3;2*1-2H3. The van der Waals surface area contributed by atoms with Crippen molar-refractivity contribution in [3.63, 3.8) is 0 Å². The van der Waals surface area contributed by atoms with Crippen LogP contribution in [0.15, 0.2) is 30.3 Å². The van der Waals surface area contributed by atoms with Gasteiger partial charge in [0.05, 0.1) is 0 Å². The first-order valence-electron chi connectivity index (χ1n) is 6.47. The highest BCUT2D eigenvalue weighted by Crippen LogP contribution is 2.20. The molecular formula is C15H29N. The third-order valence-electron chi connectivity index (χ3n) is 2.19. The Balaban J connectivity index is 0. The quantitative estimate of drug-likeness (QED) is 0.714. The zero-order chi connectivity index (χ0) is 13.0. The van der Waals surface area contributed by atoms with Crippen molar-refractivity contribution in [2.45, 2.75) is 47.1 Å². The van der Waals surface area contributed by atoms with Crippen molar-refractivity contribution in [1.82, 2.24) is 4.90 Å². The van der Waals surface area contributed by atoms with Gasteiger partial charge in [-0.3, -0.25) is 0 Å². The van der Waals surface area contributed by atoms with Crippen LogP contribution in [0, 0.1) is 0 Å². The van der Waals surface area contributed by atoms with Gasteiger partial charge < -0.3 is 4.90 Å². The molecule has 1 atom stereocenters. The lowest BCUT2D eigenvalue weighted by Gasteiger charge is -2.22. The molecule has 0 amide bonds. The van der Waals surface area contributed by atoms with Crippen molar-refractivity contribution < 1.29 is 0 Å². The number of hydrogen-bond donors (Lipinski definition) is 0. The molecule has 0 fully saturated rings. The van der Waals surface area contributed by atoms with E-state index in [1.807, 2.05) is 27.7 Å². The van der Waals surface area contributed by atoms with E-state index < -0.39 is 0 Å². The van der Waals surface area contributed by atoms with E-state index in [4.69, 9.17) is 0 Å². The van der Waals surface area contributed by atoms with Crippen LogP contribution in [0.4, 0.5) is 0 Å². The molecular weight excluding hydrogens is 194 g/mol. The Hall–Kier alpha value is -0.820. The van der Waals surface area contributed by atoms with Crippen molar-refractivity contribution in [2.24, 2.45) is 0 Å². The van der Waals surface area contributed by atoms with Crippen LogP contribution in [0.3, 0.4) is 0 Å². The van der Waals surface area contributed by atoms with Crippen LogP contribution in [0.2, 0.25) is 0 Å². The Morgan fingerprint density at radius 3 is 1.69 bits per heavy atom. The van der Waals surface area contributed by atoms with Crippen LogP contribution >= 0.6 is 0 Å². The van der Waals surface area contributed by atoms with Gasteiger partial charge in [0.1, 0.15) is 0 Å². The fourth-order valence-corrected chi connectivity index (χ4v) is 1.57. The third-order valence-corrected chi connectivity index (χ3v) is 2.19. The summed E-state index contributed by atoms with van der Waals surface area (Å²) in [5.74, 6) is 0. The first-order valence-corrected chi connectivity index (χ1v) is 6.47. The molecule has 0 aromatic heterocycles. The highest BCUT2D eigenvalue weighted by molar-refractivity contribution is 5.18. The SMILES string of the molecule is CC.CC.CCC(c1ccccc1)N(C)C. The minimum Gasteiger partial charge on any atom is -0.302 e. The molecule has 0 N–H and O–H groups in total. The van der Waals surface area contributed by atoms with Crippen LogP contribution in [0.1, 0.15) is 52.6 Å². The van der Waals surface area contributed by atoms with Crippen molar-refractivity contribution in [3.05, 3.63) is 35.9 Å². The molecule has 0 radical (unpaired) electrons. The topological polar surface area (TPSA) is 3.24 Å². The highest BCUT2D eigenvalue weighted by atomic mass is 15.1. The third kappa shape index (κ3) is 6.62. The summed E-state index contributed by atoms with van der Waals surface area (Å²) in [5.41, 5.74) is 1.41. The smallest absolute Gasteiger partial charge is 0.0339 e. The molecule has 1 rings (SSSR count). The average Bonchev–Trinajstić information content (AvgIpc) is 2.36. The van der Waals surface area contributed by atoms with E-state index in [1.165, 1.54) is 5.56 Å². The van der Waals surface area contributed by atoms with Crippen molar-refractivity contribution in [2.75, 3.05) is 14.1 Å². The van der Waals surface area contributed by atoms with Crippen LogP contribution in [0.25, 0.3) is 0 Å². The Kier molecular flexibility index (Phi) is 13.5. The lowest BCUT2D eigenvalue weighted by atomic mass is 10.0. The minimum absolute atomic E-state index is 0.561. The van der Waals surface area contributed by atoms with Gasteiger partial charge in [-0.1, -0.05) is 65.0 Å². The molecule has 0 aliphatic rings. The van der Waals surface area contributed by atoms with E-state index in [0.717, 1.165) is 6.42 Å². The van der Waals surface area contributed by atoms with E-state index >= 15 is 0 Å². The molecule has 0 spiro atoms. The zero-order valence-electron chi connectivity index (χ0n) is 12.1. The molecule has 0 bridgehead atoms. The van der Waals surface area contributed by atoms with Gasteiger partial charge in [-0.2, -0.15) is 0 Å². The van der Waals surface area contributed by atoms with Crippen LogP contribution < -0.4 is 0 Å². The molecule has 1 unspecified atom stereocenters. The van der Waals surface area contributed by atoms with Crippen molar-refractivity contribution in [1.29, 1.82) is 0 Å². The van der Waals surface area contributed by atoms with Gasteiger partial charge in [0.15, 0.2) is 0 Å². The lowest BCUT2D eigenvalue weighted by Crippen LogP contribution is -2.18. The maximum absolute atomic E-state index is 2.26. The summed E-state index contributed by atoms with van der Waals surface area (Å²) in [4.78, 5) is 2.26. The maximum Gasteiger partial charge on any atom is 0.0339 e. The number of hydrogen-bond acceptors (Lipinski definition) is 1. The summed E-state index contributed by atoms with van der Waals surface area (Å²) in [7, 11) is 4.25. The minimum atomic E-state index is 0.561. The van der Waals surface area contributed by atoms with Gasteiger partial charge in [0.2, 0.25) is 0 Å².